The zero-order valence-electron chi connectivity index (χ0n) is 25.9. The van der Waals surface area contributed by atoms with Gasteiger partial charge in [0.2, 0.25) is 11.8 Å². The van der Waals surface area contributed by atoms with E-state index in [1.807, 2.05) is 44.2 Å². The molecule has 0 aromatic heterocycles. The van der Waals surface area contributed by atoms with Crippen molar-refractivity contribution in [2.75, 3.05) is 24.5 Å². The monoisotopic (exact) mass is 681 g/mol. The molecular weight excluding hydrogens is 645 g/mol. The minimum atomic E-state index is -4.32. The van der Waals surface area contributed by atoms with Crippen LogP contribution >= 0.6 is 23.2 Å². The highest BCUT2D eigenvalue weighted by Gasteiger charge is 2.36. The van der Waals surface area contributed by atoms with Crippen molar-refractivity contribution in [3.63, 3.8) is 0 Å². The molecule has 0 spiro atoms. The van der Waals surface area contributed by atoms with Crippen LogP contribution in [0.1, 0.15) is 25.0 Å². The van der Waals surface area contributed by atoms with Crippen LogP contribution in [-0.2, 0) is 32.6 Å². The Morgan fingerprint density at radius 2 is 1.50 bits per heavy atom. The van der Waals surface area contributed by atoms with Gasteiger partial charge in [0.25, 0.3) is 10.0 Å². The van der Waals surface area contributed by atoms with Crippen molar-refractivity contribution in [1.29, 1.82) is 0 Å². The minimum absolute atomic E-state index is 0.0296. The maximum atomic E-state index is 14.6. The molecule has 4 rings (SSSR count). The average Bonchev–Trinajstić information content (AvgIpc) is 3.05. The first kappa shape index (κ1) is 34.8. The van der Waals surface area contributed by atoms with Crippen molar-refractivity contribution in [2.45, 2.75) is 37.8 Å². The van der Waals surface area contributed by atoms with E-state index >= 15 is 0 Å². The molecule has 8 nitrogen and oxygen atoms in total. The Kier molecular flexibility index (Phi) is 12.1. The molecule has 1 N–H and O–H groups in total. The third-order valence-corrected chi connectivity index (χ3v) is 9.65. The highest BCUT2D eigenvalue weighted by molar-refractivity contribution is 7.92. The summed E-state index contributed by atoms with van der Waals surface area (Å²) in [6.45, 7) is 3.65. The van der Waals surface area contributed by atoms with Gasteiger partial charge in [-0.25, -0.2) is 8.42 Å². The first-order valence-corrected chi connectivity index (χ1v) is 17.0. The Hall–Kier alpha value is -4.05. The van der Waals surface area contributed by atoms with Crippen molar-refractivity contribution in [3.05, 3.63) is 124 Å². The summed E-state index contributed by atoms with van der Waals surface area (Å²) in [5, 5.41) is 3.63. The van der Waals surface area contributed by atoms with Crippen molar-refractivity contribution in [1.82, 2.24) is 10.2 Å². The van der Waals surface area contributed by atoms with Gasteiger partial charge in [0.1, 0.15) is 18.3 Å². The zero-order valence-corrected chi connectivity index (χ0v) is 28.2. The van der Waals surface area contributed by atoms with Gasteiger partial charge in [0.15, 0.2) is 0 Å². The molecule has 4 aromatic carbocycles. The third kappa shape index (κ3) is 8.81. The summed E-state index contributed by atoms with van der Waals surface area (Å²) in [6.07, 6.45) is 0.187. The minimum Gasteiger partial charge on any atom is -0.495 e. The predicted octanol–water partition coefficient (Wildman–Crippen LogP) is 6.61. The number of carbonyl (C=O) groups excluding carboxylic acids is 2. The van der Waals surface area contributed by atoms with Gasteiger partial charge < -0.3 is 15.0 Å². The van der Waals surface area contributed by atoms with Crippen LogP contribution in [0.15, 0.2) is 108 Å². The first-order chi connectivity index (χ1) is 22.0. The standard InChI is InChI=1S/C35H37Cl2N3O5S/c1-25(2)22-38-35(42)32(20-26-12-6-4-7-13-26)39(23-27-14-10-11-17-30(27)37)34(41)24-40(31-21-28(36)18-19-33(31)45-3)46(43,44)29-15-8-5-9-16-29/h4-19,21,25,32H,20,22-24H2,1-3H3,(H,38,42). The number of anilines is 1. The molecule has 1 unspecified atom stereocenters. The molecule has 0 heterocycles. The molecule has 0 saturated heterocycles. The van der Waals surface area contributed by atoms with Gasteiger partial charge in [-0.05, 0) is 53.4 Å². The van der Waals surface area contributed by atoms with E-state index in [9.17, 15) is 18.0 Å². The van der Waals surface area contributed by atoms with Crippen LogP contribution in [0.5, 0.6) is 5.75 Å². The lowest BCUT2D eigenvalue weighted by atomic mass is 10.0. The van der Waals surface area contributed by atoms with Gasteiger partial charge in [0, 0.05) is 29.6 Å². The lowest BCUT2D eigenvalue weighted by molar-refractivity contribution is -0.140. The van der Waals surface area contributed by atoms with Crippen molar-refractivity contribution in [3.8, 4) is 5.75 Å². The van der Waals surface area contributed by atoms with E-state index in [2.05, 4.69) is 5.32 Å². The van der Waals surface area contributed by atoms with E-state index in [0.717, 1.165) is 9.87 Å². The number of hydrogen-bond donors (Lipinski definition) is 1. The van der Waals surface area contributed by atoms with E-state index in [-0.39, 0.29) is 46.1 Å². The number of halogens is 2. The molecule has 1 atom stereocenters. The van der Waals surface area contributed by atoms with Gasteiger partial charge in [-0.15, -0.1) is 0 Å². The van der Waals surface area contributed by atoms with E-state index in [0.29, 0.717) is 17.1 Å². The quantitative estimate of drug-likeness (QED) is 0.162. The maximum absolute atomic E-state index is 14.6. The Labute approximate surface area is 280 Å². The van der Waals surface area contributed by atoms with Crippen LogP contribution in [0.25, 0.3) is 0 Å². The number of ether oxygens (including phenoxy) is 1. The number of benzene rings is 4. The van der Waals surface area contributed by atoms with Crippen LogP contribution in [0.3, 0.4) is 0 Å². The molecule has 11 heteroatoms. The largest absolute Gasteiger partial charge is 0.495 e. The van der Waals surface area contributed by atoms with E-state index < -0.39 is 28.5 Å². The number of nitrogens with one attached hydrogen (secondary N) is 1. The molecule has 46 heavy (non-hydrogen) atoms. The Morgan fingerprint density at radius 3 is 2.13 bits per heavy atom. The molecular formula is C35H37Cl2N3O5S. The molecule has 0 fully saturated rings. The van der Waals surface area contributed by atoms with Gasteiger partial charge >= 0.3 is 0 Å². The number of carbonyl (C=O) groups is 2. The lowest BCUT2D eigenvalue weighted by Gasteiger charge is -2.34. The number of rotatable bonds is 14. The molecule has 0 aliphatic heterocycles. The number of nitrogens with zero attached hydrogens (tertiary/aromatic N) is 2. The molecule has 0 aliphatic rings. The highest BCUT2D eigenvalue weighted by Crippen LogP contribution is 2.35. The van der Waals surface area contributed by atoms with Crippen LogP contribution in [0.4, 0.5) is 5.69 Å². The maximum Gasteiger partial charge on any atom is 0.264 e. The summed E-state index contributed by atoms with van der Waals surface area (Å²) in [6, 6.07) is 27.7. The number of methoxy groups -OCH3 is 1. The van der Waals surface area contributed by atoms with Gasteiger partial charge in [-0.2, -0.15) is 0 Å². The fourth-order valence-corrected chi connectivity index (χ4v) is 6.68. The van der Waals surface area contributed by atoms with Crippen LogP contribution in [-0.4, -0.2) is 51.4 Å². The fourth-order valence-electron chi connectivity index (χ4n) is 4.88. The first-order valence-electron chi connectivity index (χ1n) is 14.8. The number of amides is 2. The van der Waals surface area contributed by atoms with Crippen LogP contribution < -0.4 is 14.4 Å². The average molecular weight is 683 g/mol. The van der Waals surface area contributed by atoms with Gasteiger partial charge in [-0.1, -0.05) is 104 Å². The lowest BCUT2D eigenvalue weighted by Crippen LogP contribution is -2.53. The smallest absolute Gasteiger partial charge is 0.264 e. The molecule has 0 radical (unpaired) electrons. The molecule has 0 aliphatic carbocycles. The Balaban J connectivity index is 1.85. The molecule has 0 bridgehead atoms. The SMILES string of the molecule is COc1ccc(Cl)cc1N(CC(=O)N(Cc1ccccc1Cl)C(Cc1ccccc1)C(=O)NCC(C)C)S(=O)(=O)c1ccccc1. The topological polar surface area (TPSA) is 96.0 Å². The van der Waals surface area contributed by atoms with Gasteiger partial charge in [-0.3, -0.25) is 13.9 Å². The van der Waals surface area contributed by atoms with Crippen molar-refractivity contribution < 1.29 is 22.7 Å². The second-order valence-corrected chi connectivity index (χ2v) is 13.8. The molecule has 4 aromatic rings. The van der Waals surface area contributed by atoms with Crippen molar-refractivity contribution in [2.24, 2.45) is 5.92 Å². The van der Waals surface area contributed by atoms with Crippen LogP contribution in [0.2, 0.25) is 10.0 Å². The number of hydrogen-bond acceptors (Lipinski definition) is 5. The van der Waals surface area contributed by atoms with E-state index in [4.69, 9.17) is 27.9 Å². The molecule has 242 valence electrons. The van der Waals surface area contributed by atoms with Gasteiger partial charge in [0.05, 0.1) is 17.7 Å². The molecule has 2 amide bonds. The van der Waals surface area contributed by atoms with Crippen LogP contribution in [0, 0.1) is 5.92 Å². The summed E-state index contributed by atoms with van der Waals surface area (Å²) in [5.41, 5.74) is 1.51. The predicted molar refractivity (Wildman–Crippen MR) is 183 cm³/mol. The van der Waals surface area contributed by atoms with Crippen molar-refractivity contribution >= 4 is 50.7 Å². The summed E-state index contributed by atoms with van der Waals surface area (Å²) in [5.74, 6) is -0.626. The van der Waals surface area contributed by atoms with E-state index in [1.165, 1.54) is 36.3 Å². The second kappa shape index (κ2) is 16.0. The summed E-state index contributed by atoms with van der Waals surface area (Å²) < 4.78 is 34.9. The normalized spacial score (nSPS) is 12.0. The summed E-state index contributed by atoms with van der Waals surface area (Å²) in [4.78, 5) is 29.9. The summed E-state index contributed by atoms with van der Waals surface area (Å²) >= 11 is 12.9. The highest BCUT2D eigenvalue weighted by atomic mass is 35.5. The Bertz CT molecular complexity index is 1740. The number of sulfonamides is 1. The Morgan fingerprint density at radius 1 is 0.870 bits per heavy atom. The fraction of sp³-hybridized carbons (Fsp3) is 0.257. The second-order valence-electron chi connectivity index (χ2n) is 11.1. The van der Waals surface area contributed by atoms with E-state index in [1.54, 1.807) is 48.5 Å². The summed E-state index contributed by atoms with van der Waals surface area (Å²) in [7, 11) is -2.92. The zero-order chi connectivity index (χ0) is 33.3. The molecule has 0 saturated carbocycles. The third-order valence-electron chi connectivity index (χ3n) is 7.27.